The summed E-state index contributed by atoms with van der Waals surface area (Å²) in [4.78, 5) is 29.8. The minimum atomic E-state index is -0.335. The number of hydrogen-bond acceptors (Lipinski definition) is 4. The fourth-order valence-electron chi connectivity index (χ4n) is 3.11. The van der Waals surface area contributed by atoms with E-state index in [1.165, 1.54) is 16.8 Å². The maximum Gasteiger partial charge on any atom is 0.272 e. The molecule has 4 aromatic rings. The van der Waals surface area contributed by atoms with E-state index < -0.39 is 0 Å². The van der Waals surface area contributed by atoms with Gasteiger partial charge in [-0.05, 0) is 36.8 Å². The largest absolute Gasteiger partial charge is 0.497 e. The summed E-state index contributed by atoms with van der Waals surface area (Å²) < 4.78 is 6.51. The highest BCUT2D eigenvalue weighted by Gasteiger charge is 2.16. The lowest BCUT2D eigenvalue weighted by Crippen LogP contribution is -2.18. The van der Waals surface area contributed by atoms with Crippen molar-refractivity contribution in [2.75, 3.05) is 12.4 Å². The van der Waals surface area contributed by atoms with E-state index in [1.54, 1.807) is 7.11 Å². The van der Waals surface area contributed by atoms with Crippen LogP contribution >= 0.6 is 0 Å². The van der Waals surface area contributed by atoms with Crippen LogP contribution in [0.25, 0.3) is 5.65 Å². The summed E-state index contributed by atoms with van der Waals surface area (Å²) in [5.74, 6) is 0.401. The second kappa shape index (κ2) is 7.63. The Kier molecular flexibility index (Phi) is 4.87. The number of anilines is 1. The average molecular weight is 388 g/mol. The maximum atomic E-state index is 12.7. The molecule has 146 valence electrons. The van der Waals surface area contributed by atoms with Gasteiger partial charge in [0, 0.05) is 24.4 Å². The molecule has 2 aromatic carbocycles. The lowest BCUT2D eigenvalue weighted by atomic mass is 10.1. The number of rotatable bonds is 5. The van der Waals surface area contributed by atoms with Gasteiger partial charge in [-0.2, -0.15) is 0 Å². The van der Waals surface area contributed by atoms with E-state index in [1.807, 2.05) is 55.5 Å². The Morgan fingerprint density at radius 3 is 2.72 bits per heavy atom. The molecule has 2 N–H and O–H groups in total. The van der Waals surface area contributed by atoms with Crippen LogP contribution in [0, 0.1) is 6.92 Å². The second-order valence-corrected chi connectivity index (χ2v) is 6.78. The summed E-state index contributed by atoms with van der Waals surface area (Å²) in [6.07, 6.45) is 1.94. The van der Waals surface area contributed by atoms with E-state index in [4.69, 9.17) is 4.74 Å². The van der Waals surface area contributed by atoms with Crippen molar-refractivity contribution >= 4 is 17.2 Å². The quantitative estimate of drug-likeness (QED) is 0.550. The normalized spacial score (nSPS) is 10.8. The maximum absolute atomic E-state index is 12.7. The Balaban J connectivity index is 1.66. The van der Waals surface area contributed by atoms with Gasteiger partial charge in [-0.25, -0.2) is 9.50 Å². The molecular weight excluding hydrogens is 368 g/mol. The number of ether oxygens (including phenoxy) is 1. The van der Waals surface area contributed by atoms with Gasteiger partial charge in [-0.3, -0.25) is 14.7 Å². The van der Waals surface area contributed by atoms with Crippen molar-refractivity contribution in [3.8, 4) is 5.75 Å². The Morgan fingerprint density at radius 2 is 1.97 bits per heavy atom. The molecule has 0 unspecified atom stereocenters. The molecule has 0 saturated carbocycles. The van der Waals surface area contributed by atoms with E-state index in [0.717, 1.165) is 16.9 Å². The first-order valence-corrected chi connectivity index (χ1v) is 9.14. The predicted molar refractivity (Wildman–Crippen MR) is 111 cm³/mol. The Labute approximate surface area is 167 Å². The van der Waals surface area contributed by atoms with Crippen LogP contribution in [0.4, 0.5) is 5.69 Å². The summed E-state index contributed by atoms with van der Waals surface area (Å²) in [5.41, 5.74) is 3.63. The number of carbonyl (C=O) groups excluding carboxylic acids is 1. The fourth-order valence-corrected chi connectivity index (χ4v) is 3.11. The highest BCUT2D eigenvalue weighted by molar-refractivity contribution is 6.08. The van der Waals surface area contributed by atoms with Crippen LogP contribution in [0.1, 0.15) is 27.2 Å². The van der Waals surface area contributed by atoms with Crippen LogP contribution in [-0.4, -0.2) is 27.6 Å². The van der Waals surface area contributed by atoms with Crippen LogP contribution < -0.4 is 15.6 Å². The van der Waals surface area contributed by atoms with Crippen LogP contribution in [-0.2, 0) is 6.42 Å². The van der Waals surface area contributed by atoms with Crippen molar-refractivity contribution in [1.29, 1.82) is 0 Å². The summed E-state index contributed by atoms with van der Waals surface area (Å²) in [5, 5.41) is 5.64. The van der Waals surface area contributed by atoms with Gasteiger partial charge in [0.2, 0.25) is 0 Å². The monoisotopic (exact) mass is 388 g/mol. The Morgan fingerprint density at radius 1 is 1.17 bits per heavy atom. The molecule has 0 bridgehead atoms. The van der Waals surface area contributed by atoms with E-state index in [-0.39, 0.29) is 11.5 Å². The van der Waals surface area contributed by atoms with Gasteiger partial charge >= 0.3 is 0 Å². The first kappa shape index (κ1) is 18.5. The van der Waals surface area contributed by atoms with Crippen LogP contribution in [0.2, 0.25) is 0 Å². The van der Waals surface area contributed by atoms with Crippen molar-refractivity contribution in [2.45, 2.75) is 13.3 Å². The zero-order valence-corrected chi connectivity index (χ0v) is 16.1. The summed E-state index contributed by atoms with van der Waals surface area (Å²) in [6.45, 7) is 1.98. The third kappa shape index (κ3) is 3.89. The second-order valence-electron chi connectivity index (χ2n) is 6.78. The lowest BCUT2D eigenvalue weighted by molar-refractivity contribution is 0.102. The third-order valence-corrected chi connectivity index (χ3v) is 4.62. The number of aromatic nitrogens is 3. The van der Waals surface area contributed by atoms with Crippen molar-refractivity contribution < 1.29 is 9.53 Å². The first-order chi connectivity index (χ1) is 14.0. The van der Waals surface area contributed by atoms with Gasteiger partial charge in [-0.1, -0.05) is 29.8 Å². The first-order valence-electron chi connectivity index (χ1n) is 9.14. The Bertz CT molecular complexity index is 1240. The van der Waals surface area contributed by atoms with Gasteiger partial charge in [0.05, 0.1) is 12.8 Å². The topological polar surface area (TPSA) is 88.5 Å². The fraction of sp³-hybridized carbons (Fsp3) is 0.136. The molecule has 7 nitrogen and oxygen atoms in total. The lowest BCUT2D eigenvalue weighted by Gasteiger charge is -2.06. The summed E-state index contributed by atoms with van der Waals surface area (Å²) >= 11 is 0. The molecule has 0 atom stereocenters. The summed E-state index contributed by atoms with van der Waals surface area (Å²) in [7, 11) is 1.61. The zero-order chi connectivity index (χ0) is 20.4. The number of nitrogens with zero attached hydrogens (tertiary/aromatic N) is 2. The highest BCUT2D eigenvalue weighted by Crippen LogP contribution is 2.17. The summed E-state index contributed by atoms with van der Waals surface area (Å²) in [6, 6.07) is 16.5. The molecule has 1 amide bonds. The number of aromatic amines is 1. The minimum Gasteiger partial charge on any atom is -0.497 e. The minimum absolute atomic E-state index is 0.276. The predicted octanol–water partition coefficient (Wildman–Crippen LogP) is 3.18. The van der Waals surface area contributed by atoms with Gasteiger partial charge in [0.25, 0.3) is 11.5 Å². The number of benzene rings is 2. The van der Waals surface area contributed by atoms with Gasteiger partial charge in [0.15, 0.2) is 5.65 Å². The van der Waals surface area contributed by atoms with Crippen LogP contribution in [0.5, 0.6) is 5.75 Å². The number of aryl methyl sites for hydroxylation is 1. The molecule has 2 aromatic heterocycles. The van der Waals surface area contributed by atoms with Crippen LogP contribution in [0.15, 0.2) is 65.6 Å². The number of carbonyl (C=O) groups is 1. The number of amides is 1. The number of methoxy groups -OCH3 is 1. The molecule has 7 heteroatoms. The molecule has 0 spiro atoms. The van der Waals surface area contributed by atoms with E-state index in [0.29, 0.717) is 29.0 Å². The van der Waals surface area contributed by atoms with Gasteiger partial charge in [0.1, 0.15) is 11.3 Å². The van der Waals surface area contributed by atoms with E-state index in [2.05, 4.69) is 15.4 Å². The SMILES string of the molecule is COc1cccc(Cc2cc(=O)n3[nH]cc(C(=O)Nc4ccc(C)cc4)c3n2)c1. The molecule has 0 fully saturated rings. The molecule has 0 aliphatic heterocycles. The molecule has 0 aliphatic carbocycles. The molecule has 0 radical (unpaired) electrons. The van der Waals surface area contributed by atoms with Crippen molar-refractivity contribution in [3.05, 3.63) is 93.5 Å². The number of fused-ring (bicyclic) bond motifs is 1. The highest BCUT2D eigenvalue weighted by atomic mass is 16.5. The van der Waals surface area contributed by atoms with Crippen molar-refractivity contribution in [2.24, 2.45) is 0 Å². The molecule has 0 saturated heterocycles. The Hall–Kier alpha value is -3.87. The van der Waals surface area contributed by atoms with E-state index >= 15 is 0 Å². The molecular formula is C22H20N4O3. The average Bonchev–Trinajstić information content (AvgIpc) is 3.14. The number of H-pyrrole nitrogens is 1. The van der Waals surface area contributed by atoms with Gasteiger partial charge < -0.3 is 10.1 Å². The molecule has 2 heterocycles. The van der Waals surface area contributed by atoms with Crippen molar-refractivity contribution in [1.82, 2.24) is 14.6 Å². The number of hydrogen-bond donors (Lipinski definition) is 2. The molecule has 29 heavy (non-hydrogen) atoms. The van der Waals surface area contributed by atoms with Gasteiger partial charge in [-0.15, -0.1) is 0 Å². The standard InChI is InChI=1S/C22H20N4O3/c1-14-6-8-16(9-7-14)25-22(28)19-13-23-26-20(27)12-17(24-21(19)26)10-15-4-3-5-18(11-15)29-2/h3-9,11-13,23H,10H2,1-2H3,(H,25,28). The van der Waals surface area contributed by atoms with E-state index in [9.17, 15) is 9.59 Å². The smallest absolute Gasteiger partial charge is 0.272 e. The number of nitrogens with one attached hydrogen (secondary N) is 2. The zero-order valence-electron chi connectivity index (χ0n) is 16.1. The van der Waals surface area contributed by atoms with Crippen LogP contribution in [0.3, 0.4) is 0 Å². The van der Waals surface area contributed by atoms with Crippen molar-refractivity contribution in [3.63, 3.8) is 0 Å². The molecule has 4 rings (SSSR count). The third-order valence-electron chi connectivity index (χ3n) is 4.62. The molecule has 0 aliphatic rings.